The van der Waals surface area contributed by atoms with E-state index in [0.29, 0.717) is 11.3 Å². The highest BCUT2D eigenvalue weighted by Gasteiger charge is 2.14. The number of para-hydroxylation sites is 2. The average Bonchev–Trinajstić information content (AvgIpc) is 2.60. The summed E-state index contributed by atoms with van der Waals surface area (Å²) >= 11 is 1.63. The summed E-state index contributed by atoms with van der Waals surface area (Å²) in [5.74, 6) is 12.6. The molecule has 23 heavy (non-hydrogen) atoms. The first-order valence-corrected chi connectivity index (χ1v) is 8.12. The number of benzene rings is 1. The minimum Gasteiger partial charge on any atom is -0.440 e. The van der Waals surface area contributed by atoms with Crippen molar-refractivity contribution >= 4 is 28.8 Å². The van der Waals surface area contributed by atoms with Gasteiger partial charge in [0.05, 0.1) is 28.7 Å². The monoisotopic (exact) mass is 320 g/mol. The van der Waals surface area contributed by atoms with Gasteiger partial charge in [0.1, 0.15) is 0 Å². The Balaban J connectivity index is 1.79. The lowest BCUT2D eigenvalue weighted by Gasteiger charge is -2.08. The molecule has 1 aliphatic rings. The largest absolute Gasteiger partial charge is 0.440 e. The van der Waals surface area contributed by atoms with Crippen molar-refractivity contribution in [2.45, 2.75) is 6.10 Å². The molecule has 0 saturated heterocycles. The van der Waals surface area contributed by atoms with Crippen LogP contribution in [-0.2, 0) is 4.74 Å². The van der Waals surface area contributed by atoms with E-state index in [4.69, 9.17) is 4.74 Å². The van der Waals surface area contributed by atoms with Crippen molar-refractivity contribution in [3.63, 3.8) is 0 Å². The minimum atomic E-state index is -0.635. The summed E-state index contributed by atoms with van der Waals surface area (Å²) in [6.07, 6.45) is 4.11. The van der Waals surface area contributed by atoms with Gasteiger partial charge in [-0.15, -0.1) is 11.8 Å². The molecule has 4 nitrogen and oxygen atoms in total. The molecule has 0 bridgehead atoms. The highest BCUT2D eigenvalue weighted by molar-refractivity contribution is 7.99. The number of carbonyl (C=O) groups is 1. The number of aromatic nitrogens is 2. The van der Waals surface area contributed by atoms with E-state index >= 15 is 0 Å². The van der Waals surface area contributed by atoms with Crippen molar-refractivity contribution < 1.29 is 9.53 Å². The first-order chi connectivity index (χ1) is 11.3. The molecule has 2 aromatic rings. The predicted molar refractivity (Wildman–Crippen MR) is 90.8 cm³/mol. The van der Waals surface area contributed by atoms with Crippen molar-refractivity contribution in [3.05, 3.63) is 48.3 Å². The van der Waals surface area contributed by atoms with Crippen molar-refractivity contribution in [2.24, 2.45) is 0 Å². The number of carbonyl (C=O) groups excluding carboxylic acids is 1. The van der Waals surface area contributed by atoms with E-state index in [1.54, 1.807) is 30.0 Å². The lowest BCUT2D eigenvalue weighted by Crippen LogP contribution is -2.16. The van der Waals surface area contributed by atoms with Crippen molar-refractivity contribution in [1.29, 1.82) is 0 Å². The fraction of sp³-hybridized carbons (Fsp3) is 0.167. The Kier molecular flexibility index (Phi) is 4.93. The van der Waals surface area contributed by atoms with Crippen molar-refractivity contribution in [1.82, 2.24) is 9.97 Å². The summed E-state index contributed by atoms with van der Waals surface area (Å²) < 4.78 is 5.38. The number of hydrogen-bond acceptors (Lipinski definition) is 5. The van der Waals surface area contributed by atoms with Gasteiger partial charge in [-0.1, -0.05) is 35.8 Å². The Morgan fingerprint density at radius 3 is 2.96 bits per heavy atom. The van der Waals surface area contributed by atoms with E-state index in [1.165, 1.54) is 6.20 Å². The van der Waals surface area contributed by atoms with Crippen LogP contribution in [0, 0.1) is 23.7 Å². The maximum absolute atomic E-state index is 12.2. The van der Waals surface area contributed by atoms with Gasteiger partial charge >= 0.3 is 5.97 Å². The Hall–Kier alpha value is -2.76. The lowest BCUT2D eigenvalue weighted by molar-refractivity contribution is 0.0468. The second-order valence-electron chi connectivity index (χ2n) is 4.56. The number of ether oxygens (including phenoxy) is 1. The summed E-state index contributed by atoms with van der Waals surface area (Å²) in [6, 6.07) is 7.35. The average molecular weight is 320 g/mol. The van der Waals surface area contributed by atoms with Gasteiger partial charge in [-0.05, 0) is 24.3 Å². The fourth-order valence-corrected chi connectivity index (χ4v) is 2.35. The lowest BCUT2D eigenvalue weighted by atomic mass is 10.3. The highest BCUT2D eigenvalue weighted by Crippen LogP contribution is 2.10. The van der Waals surface area contributed by atoms with E-state index in [2.05, 4.69) is 33.6 Å². The molecule has 1 aromatic carbocycles. The minimum absolute atomic E-state index is 0.163. The van der Waals surface area contributed by atoms with E-state index in [9.17, 15) is 4.79 Å². The van der Waals surface area contributed by atoms with Crippen LogP contribution in [-0.4, -0.2) is 33.5 Å². The summed E-state index contributed by atoms with van der Waals surface area (Å²) in [6.45, 7) is 0. The number of rotatable bonds is 2. The van der Waals surface area contributed by atoms with Gasteiger partial charge in [-0.25, -0.2) is 9.78 Å². The molecule has 0 fully saturated rings. The van der Waals surface area contributed by atoms with Gasteiger partial charge in [0.15, 0.2) is 11.8 Å². The third-order valence-electron chi connectivity index (χ3n) is 2.94. The molecule has 0 radical (unpaired) electrons. The van der Waals surface area contributed by atoms with Crippen LogP contribution >= 0.6 is 11.8 Å². The van der Waals surface area contributed by atoms with E-state index in [0.717, 1.165) is 11.3 Å². The number of hydrogen-bond donors (Lipinski definition) is 0. The van der Waals surface area contributed by atoms with Crippen molar-refractivity contribution in [3.8, 4) is 23.7 Å². The predicted octanol–water partition coefficient (Wildman–Crippen LogP) is 2.47. The molecule has 2 heterocycles. The van der Waals surface area contributed by atoms with Gasteiger partial charge in [0.2, 0.25) is 0 Å². The van der Waals surface area contributed by atoms with Crippen LogP contribution in [0.2, 0.25) is 0 Å². The van der Waals surface area contributed by atoms with Crippen LogP contribution in [0.4, 0.5) is 0 Å². The van der Waals surface area contributed by atoms with Gasteiger partial charge in [0.25, 0.3) is 0 Å². The molecule has 5 heteroatoms. The number of thioether (sulfide) groups is 1. The zero-order valence-electron chi connectivity index (χ0n) is 12.2. The van der Waals surface area contributed by atoms with Crippen LogP contribution < -0.4 is 0 Å². The Morgan fingerprint density at radius 1 is 1.22 bits per heavy atom. The maximum Gasteiger partial charge on any atom is 0.360 e. The maximum atomic E-state index is 12.2. The van der Waals surface area contributed by atoms with Crippen LogP contribution in [0.1, 0.15) is 10.5 Å². The van der Waals surface area contributed by atoms with Crippen LogP contribution in [0.15, 0.2) is 42.6 Å². The number of allylic oxidation sites excluding steroid dienone is 1. The van der Waals surface area contributed by atoms with E-state index < -0.39 is 12.1 Å². The van der Waals surface area contributed by atoms with Crippen LogP contribution in [0.5, 0.6) is 0 Å². The second kappa shape index (κ2) is 7.49. The van der Waals surface area contributed by atoms with E-state index in [-0.39, 0.29) is 5.69 Å². The van der Waals surface area contributed by atoms with Gasteiger partial charge in [0, 0.05) is 0 Å². The van der Waals surface area contributed by atoms with Crippen LogP contribution in [0.3, 0.4) is 0 Å². The van der Waals surface area contributed by atoms with E-state index in [1.807, 2.05) is 18.2 Å². The first-order valence-electron chi connectivity index (χ1n) is 6.97. The standard InChI is InChI=1S/C18H12N2O2S/c21-18(17-13-19-15-9-3-4-10-16(15)20-17)22-14-7-2-1-5-11-23-12-6-8-14/h2-4,7,9-10,13-14H,11-12H2/b7-2+. The zero-order valence-corrected chi connectivity index (χ0v) is 13.0. The molecule has 1 aliphatic heterocycles. The SMILES string of the molecule is O=C(OC1C#CCSCC#C/C=C/1)c1cnc2ccccc2n1. The molecule has 0 amide bonds. The van der Waals surface area contributed by atoms with Gasteiger partial charge < -0.3 is 4.74 Å². The molecule has 1 aromatic heterocycles. The third kappa shape index (κ3) is 4.12. The summed E-state index contributed by atoms with van der Waals surface area (Å²) in [5.41, 5.74) is 1.54. The normalized spacial score (nSPS) is 18.0. The smallest absolute Gasteiger partial charge is 0.360 e. The Bertz CT molecular complexity index is 884. The topological polar surface area (TPSA) is 52.1 Å². The molecular weight excluding hydrogens is 308 g/mol. The first kappa shape index (κ1) is 15.1. The fourth-order valence-electron chi connectivity index (χ4n) is 1.88. The molecular formula is C18H12N2O2S. The molecule has 0 saturated carbocycles. The number of nitrogens with zero attached hydrogens (tertiary/aromatic N) is 2. The zero-order chi connectivity index (χ0) is 15.9. The Morgan fingerprint density at radius 2 is 2.04 bits per heavy atom. The molecule has 0 spiro atoms. The van der Waals surface area contributed by atoms with Gasteiger partial charge in [-0.2, -0.15) is 0 Å². The molecule has 1 unspecified atom stereocenters. The molecule has 0 N–H and O–H groups in total. The Labute approximate surface area is 138 Å². The number of esters is 1. The van der Waals surface area contributed by atoms with Crippen molar-refractivity contribution in [2.75, 3.05) is 11.5 Å². The molecule has 1 atom stereocenters. The summed E-state index contributed by atoms with van der Waals surface area (Å²) in [7, 11) is 0. The summed E-state index contributed by atoms with van der Waals surface area (Å²) in [5, 5.41) is 0. The molecule has 112 valence electrons. The molecule has 3 rings (SSSR count). The van der Waals surface area contributed by atoms with Gasteiger partial charge in [-0.3, -0.25) is 4.98 Å². The quantitative estimate of drug-likeness (QED) is 0.628. The summed E-state index contributed by atoms with van der Waals surface area (Å²) in [4.78, 5) is 20.7. The number of fused-ring (bicyclic) bond motifs is 1. The second-order valence-corrected chi connectivity index (χ2v) is 5.55. The third-order valence-corrected chi connectivity index (χ3v) is 3.64. The highest BCUT2D eigenvalue weighted by atomic mass is 32.2. The van der Waals surface area contributed by atoms with Crippen LogP contribution in [0.25, 0.3) is 11.0 Å². The molecule has 0 aliphatic carbocycles.